The Morgan fingerprint density at radius 3 is 1.33 bits per heavy atom. The van der Waals surface area contributed by atoms with Crippen LogP contribution in [0.1, 0.15) is 36.1 Å². The summed E-state index contributed by atoms with van der Waals surface area (Å²) in [5.41, 5.74) is 7.75. The van der Waals surface area contributed by atoms with Gasteiger partial charge in [-0.2, -0.15) is 0 Å². The largest absolute Gasteiger partial charge is 0.340 e. The number of benzene rings is 4. The van der Waals surface area contributed by atoms with Crippen LogP contribution in [-0.2, 0) is 15.6 Å². The number of hydrogen-bond acceptors (Lipinski definition) is 3. The van der Waals surface area contributed by atoms with E-state index in [1.54, 1.807) is 0 Å². The van der Waals surface area contributed by atoms with Crippen molar-refractivity contribution in [3.63, 3.8) is 0 Å². The molecular weight excluding hydrogens is 512 g/mol. The average Bonchev–Trinajstić information content (AvgIpc) is 3.41. The van der Waals surface area contributed by atoms with Gasteiger partial charge in [0.05, 0.1) is 10.8 Å². The third-order valence-electron chi connectivity index (χ3n) is 8.96. The van der Waals surface area contributed by atoms with Crippen LogP contribution in [0.15, 0.2) is 158 Å². The molecule has 2 atom stereocenters. The number of para-hydroxylation sites is 2. The van der Waals surface area contributed by atoms with E-state index in [4.69, 9.17) is 0 Å². The maximum Gasteiger partial charge on any atom is 0.182 e. The topological polar surface area (TPSA) is 23.6 Å². The second kappa shape index (κ2) is 10.8. The summed E-state index contributed by atoms with van der Waals surface area (Å²) in [5, 5.41) is 0. The van der Waals surface area contributed by atoms with Gasteiger partial charge in [0, 0.05) is 48.0 Å². The van der Waals surface area contributed by atoms with Crippen molar-refractivity contribution in [3.8, 4) is 0 Å². The molecule has 0 aromatic heterocycles. The van der Waals surface area contributed by atoms with Crippen molar-refractivity contribution in [2.45, 2.75) is 24.7 Å². The van der Waals surface area contributed by atoms with E-state index >= 15 is 0 Å². The minimum atomic E-state index is -0.503. The maximum atomic E-state index is 14.3. The summed E-state index contributed by atoms with van der Waals surface area (Å²) in [5.74, 6) is -0.0481. The lowest BCUT2D eigenvalue weighted by molar-refractivity contribution is -0.110. The SMILES string of the molecule is C=CCN1C(=CC(=O)C=C2N(CC=C)c3ccccc3C2(C)c2ccccc2)C(C)(c2ccccc2)c2ccccc21. The van der Waals surface area contributed by atoms with Crippen molar-refractivity contribution in [2.75, 3.05) is 22.9 Å². The zero-order chi connectivity index (χ0) is 29.3. The molecule has 0 aliphatic carbocycles. The molecule has 6 rings (SSSR count). The van der Waals surface area contributed by atoms with E-state index < -0.39 is 10.8 Å². The van der Waals surface area contributed by atoms with E-state index in [-0.39, 0.29) is 5.78 Å². The molecule has 3 nitrogen and oxygen atoms in total. The number of allylic oxidation sites excluding steroid dienone is 4. The summed E-state index contributed by atoms with van der Waals surface area (Å²) in [4.78, 5) is 18.8. The maximum absolute atomic E-state index is 14.3. The van der Waals surface area contributed by atoms with Crippen molar-refractivity contribution in [1.29, 1.82) is 0 Å². The average molecular weight is 549 g/mol. The smallest absolute Gasteiger partial charge is 0.182 e. The molecule has 0 N–H and O–H groups in total. The van der Waals surface area contributed by atoms with Crippen LogP contribution in [0.25, 0.3) is 0 Å². The summed E-state index contributed by atoms with van der Waals surface area (Å²) >= 11 is 0. The molecule has 0 saturated heterocycles. The molecule has 2 aliphatic heterocycles. The number of carbonyl (C=O) groups is 1. The number of carbonyl (C=O) groups excluding carboxylic acids is 1. The standard InChI is InChI=1S/C39H36N2O/c1-5-25-40-34-23-15-13-21-32(34)38(3,29-17-9-7-10-18-29)36(40)27-31(42)28-37-39(4,30-19-11-8-12-20-30)33-22-14-16-24-35(33)41(37)26-6-2/h5-24,27-28H,1-2,25-26H2,3-4H3. The lowest BCUT2D eigenvalue weighted by Gasteiger charge is -2.31. The fraction of sp³-hybridized carbons (Fsp3) is 0.154. The Morgan fingerprint density at radius 1 is 0.595 bits per heavy atom. The van der Waals surface area contributed by atoms with Crippen molar-refractivity contribution < 1.29 is 4.79 Å². The Morgan fingerprint density at radius 2 is 0.952 bits per heavy atom. The van der Waals surface area contributed by atoms with Gasteiger partial charge >= 0.3 is 0 Å². The lowest BCUT2D eigenvalue weighted by atomic mass is 9.74. The highest BCUT2D eigenvalue weighted by molar-refractivity contribution is 6.03. The van der Waals surface area contributed by atoms with Crippen LogP contribution in [0.3, 0.4) is 0 Å². The first-order valence-electron chi connectivity index (χ1n) is 14.5. The van der Waals surface area contributed by atoms with Gasteiger partial charge in [-0.3, -0.25) is 4.79 Å². The fourth-order valence-corrected chi connectivity index (χ4v) is 6.90. The molecule has 0 amide bonds. The highest BCUT2D eigenvalue weighted by Crippen LogP contribution is 2.53. The van der Waals surface area contributed by atoms with Crippen LogP contribution in [-0.4, -0.2) is 18.9 Å². The predicted octanol–water partition coefficient (Wildman–Crippen LogP) is 8.35. The number of anilines is 2. The van der Waals surface area contributed by atoms with Gasteiger partial charge in [-0.1, -0.05) is 109 Å². The number of rotatable bonds is 8. The lowest BCUT2D eigenvalue weighted by Crippen LogP contribution is -2.32. The third kappa shape index (κ3) is 4.16. The fourth-order valence-electron chi connectivity index (χ4n) is 6.90. The van der Waals surface area contributed by atoms with Gasteiger partial charge in [-0.15, -0.1) is 13.2 Å². The first-order valence-corrected chi connectivity index (χ1v) is 14.5. The number of ketones is 1. The van der Waals surface area contributed by atoms with Gasteiger partial charge in [0.15, 0.2) is 5.78 Å². The summed E-state index contributed by atoms with van der Waals surface area (Å²) in [6.07, 6.45) is 7.47. The van der Waals surface area contributed by atoms with Gasteiger partial charge in [-0.25, -0.2) is 0 Å². The van der Waals surface area contributed by atoms with Crippen LogP contribution >= 0.6 is 0 Å². The molecule has 208 valence electrons. The monoisotopic (exact) mass is 548 g/mol. The molecule has 3 heteroatoms. The van der Waals surface area contributed by atoms with Gasteiger partial charge in [-0.05, 0) is 48.2 Å². The summed E-state index contributed by atoms with van der Waals surface area (Å²) in [6.45, 7) is 13.7. The number of fused-ring (bicyclic) bond motifs is 2. The minimum Gasteiger partial charge on any atom is -0.340 e. The van der Waals surface area contributed by atoms with E-state index in [1.807, 2.05) is 36.4 Å². The normalized spacial score (nSPS) is 22.7. The van der Waals surface area contributed by atoms with Gasteiger partial charge in [0.2, 0.25) is 0 Å². The van der Waals surface area contributed by atoms with Crippen molar-refractivity contribution in [3.05, 3.63) is 180 Å². The predicted molar refractivity (Wildman–Crippen MR) is 175 cm³/mol. The minimum absolute atomic E-state index is 0.0481. The number of hydrogen-bond donors (Lipinski definition) is 0. The number of nitrogens with zero attached hydrogens (tertiary/aromatic N) is 2. The Hall–Kier alpha value is -4.89. The molecule has 0 saturated carbocycles. The van der Waals surface area contributed by atoms with E-state index in [2.05, 4.69) is 134 Å². The van der Waals surface area contributed by atoms with E-state index in [0.717, 1.165) is 33.9 Å². The van der Waals surface area contributed by atoms with Crippen LogP contribution in [0.4, 0.5) is 11.4 Å². The molecule has 0 spiro atoms. The summed E-state index contributed by atoms with van der Waals surface area (Å²) in [7, 11) is 0. The Labute approximate surface area is 249 Å². The Balaban J connectivity index is 1.54. The third-order valence-corrected chi connectivity index (χ3v) is 8.96. The summed E-state index contributed by atoms with van der Waals surface area (Å²) in [6, 6.07) is 37.8. The molecule has 42 heavy (non-hydrogen) atoms. The molecule has 0 radical (unpaired) electrons. The quantitative estimate of drug-likeness (QED) is 0.163. The highest BCUT2D eigenvalue weighted by Gasteiger charge is 2.46. The van der Waals surface area contributed by atoms with Crippen molar-refractivity contribution >= 4 is 17.2 Å². The molecular formula is C39H36N2O. The molecule has 2 unspecified atom stereocenters. The van der Waals surface area contributed by atoms with Gasteiger partial charge in [0.25, 0.3) is 0 Å². The highest BCUT2D eigenvalue weighted by atomic mass is 16.1. The molecule has 2 heterocycles. The first-order chi connectivity index (χ1) is 20.4. The van der Waals surface area contributed by atoms with E-state index in [1.165, 1.54) is 11.1 Å². The van der Waals surface area contributed by atoms with Crippen LogP contribution in [0.5, 0.6) is 0 Å². The van der Waals surface area contributed by atoms with Crippen LogP contribution in [0.2, 0.25) is 0 Å². The molecule has 0 bridgehead atoms. The van der Waals surface area contributed by atoms with Crippen molar-refractivity contribution in [2.24, 2.45) is 0 Å². The van der Waals surface area contributed by atoms with Gasteiger partial charge < -0.3 is 9.80 Å². The molecule has 4 aromatic rings. The Bertz CT molecular complexity index is 1590. The zero-order valence-corrected chi connectivity index (χ0v) is 24.3. The molecule has 2 aliphatic rings. The summed E-state index contributed by atoms with van der Waals surface area (Å²) < 4.78 is 0. The van der Waals surface area contributed by atoms with Crippen LogP contribution in [0, 0.1) is 0 Å². The van der Waals surface area contributed by atoms with E-state index in [9.17, 15) is 4.79 Å². The Kier molecular flexibility index (Phi) is 7.04. The second-order valence-electron chi connectivity index (χ2n) is 11.3. The molecule has 0 fully saturated rings. The van der Waals surface area contributed by atoms with Crippen molar-refractivity contribution in [1.82, 2.24) is 0 Å². The molecule has 4 aromatic carbocycles. The first kappa shape index (κ1) is 27.3. The van der Waals surface area contributed by atoms with Crippen LogP contribution < -0.4 is 9.80 Å². The van der Waals surface area contributed by atoms with Gasteiger partial charge in [0.1, 0.15) is 0 Å². The second-order valence-corrected chi connectivity index (χ2v) is 11.3. The zero-order valence-electron chi connectivity index (χ0n) is 24.3. The van der Waals surface area contributed by atoms with E-state index in [0.29, 0.717) is 13.1 Å².